The molecule has 2 rings (SSSR count). The zero-order chi connectivity index (χ0) is 13.7. The predicted molar refractivity (Wildman–Crippen MR) is 78.1 cm³/mol. The summed E-state index contributed by atoms with van der Waals surface area (Å²) in [5.41, 5.74) is 2.56. The normalized spacial score (nSPS) is 10.2. The first kappa shape index (κ1) is 13.6. The van der Waals surface area contributed by atoms with Crippen molar-refractivity contribution in [1.82, 2.24) is 4.98 Å². The molecule has 0 amide bonds. The quantitative estimate of drug-likeness (QED) is 0.785. The van der Waals surface area contributed by atoms with Gasteiger partial charge in [-0.3, -0.25) is 9.78 Å². The molecule has 1 aromatic carbocycles. The van der Waals surface area contributed by atoms with Gasteiger partial charge in [-0.15, -0.1) is 0 Å². The first-order chi connectivity index (χ1) is 9.20. The Hall–Kier alpha value is -1.87. The van der Waals surface area contributed by atoms with Gasteiger partial charge >= 0.3 is 0 Å². The van der Waals surface area contributed by atoms with E-state index < -0.39 is 0 Å². The summed E-state index contributed by atoms with van der Waals surface area (Å²) in [6.45, 7) is 0.817. The van der Waals surface area contributed by atoms with Gasteiger partial charge in [0.1, 0.15) is 6.29 Å². The van der Waals surface area contributed by atoms with Gasteiger partial charge in [0.2, 0.25) is 0 Å². The van der Waals surface area contributed by atoms with E-state index in [-0.39, 0.29) is 0 Å². The molecule has 1 aromatic heterocycles. The predicted octanol–water partition coefficient (Wildman–Crippen LogP) is 3.23. The Kier molecular flexibility index (Phi) is 4.53. The average Bonchev–Trinajstić information content (AvgIpc) is 2.45. The minimum absolute atomic E-state index is 0.590. The molecule has 98 valence electrons. The molecule has 0 bridgehead atoms. The molecule has 0 spiro atoms. The Morgan fingerprint density at radius 2 is 2.16 bits per heavy atom. The number of hydrogen-bond acceptors (Lipinski definition) is 3. The highest BCUT2D eigenvalue weighted by molar-refractivity contribution is 6.33. The second-order valence-corrected chi connectivity index (χ2v) is 4.73. The maximum absolute atomic E-state index is 10.7. The number of nitrogens with zero attached hydrogens (tertiary/aromatic N) is 2. The molecular formula is C15H15ClN2O. The standard InChI is InChI=1S/C15H15ClN2O/c1-18(9-7-13-4-2-3-8-17-13)15-6-5-12(11-19)10-14(15)16/h2-6,8,10-11H,7,9H2,1H3. The Balaban J connectivity index is 2.04. The number of carbonyl (C=O) groups excluding carboxylic acids is 1. The first-order valence-corrected chi connectivity index (χ1v) is 6.44. The van der Waals surface area contributed by atoms with Crippen LogP contribution in [0.15, 0.2) is 42.6 Å². The van der Waals surface area contributed by atoms with Gasteiger partial charge in [0, 0.05) is 37.5 Å². The minimum Gasteiger partial charge on any atom is -0.373 e. The van der Waals surface area contributed by atoms with E-state index in [2.05, 4.69) is 9.88 Å². The van der Waals surface area contributed by atoms with Crippen LogP contribution < -0.4 is 4.90 Å². The van der Waals surface area contributed by atoms with Gasteiger partial charge in [-0.2, -0.15) is 0 Å². The van der Waals surface area contributed by atoms with Crippen molar-refractivity contribution in [3.05, 3.63) is 58.9 Å². The lowest BCUT2D eigenvalue weighted by atomic mass is 10.2. The van der Waals surface area contributed by atoms with E-state index in [1.807, 2.05) is 31.3 Å². The van der Waals surface area contributed by atoms with Crippen molar-refractivity contribution in [2.45, 2.75) is 6.42 Å². The van der Waals surface area contributed by atoms with Gasteiger partial charge in [-0.05, 0) is 30.3 Å². The summed E-state index contributed by atoms with van der Waals surface area (Å²) in [6, 6.07) is 11.2. The van der Waals surface area contributed by atoms with Crippen LogP contribution in [-0.2, 0) is 6.42 Å². The summed E-state index contributed by atoms with van der Waals surface area (Å²) in [6.07, 6.45) is 3.44. The molecular weight excluding hydrogens is 260 g/mol. The summed E-state index contributed by atoms with van der Waals surface area (Å²) in [5.74, 6) is 0. The Labute approximate surface area is 117 Å². The van der Waals surface area contributed by atoms with E-state index >= 15 is 0 Å². The monoisotopic (exact) mass is 274 g/mol. The number of rotatable bonds is 5. The maximum atomic E-state index is 10.7. The van der Waals surface area contributed by atoms with Crippen molar-refractivity contribution in [2.24, 2.45) is 0 Å². The van der Waals surface area contributed by atoms with Crippen molar-refractivity contribution >= 4 is 23.6 Å². The number of anilines is 1. The highest BCUT2D eigenvalue weighted by atomic mass is 35.5. The van der Waals surface area contributed by atoms with Crippen LogP contribution in [0.2, 0.25) is 5.02 Å². The molecule has 0 fully saturated rings. The SMILES string of the molecule is CN(CCc1ccccn1)c1ccc(C=O)cc1Cl. The molecule has 19 heavy (non-hydrogen) atoms. The van der Waals surface area contributed by atoms with E-state index in [0.29, 0.717) is 10.6 Å². The van der Waals surface area contributed by atoms with Gasteiger partial charge in [0.05, 0.1) is 10.7 Å². The third-order valence-electron chi connectivity index (χ3n) is 2.95. The molecule has 0 atom stereocenters. The molecule has 0 unspecified atom stereocenters. The number of benzene rings is 1. The van der Waals surface area contributed by atoms with Crippen molar-refractivity contribution in [3.63, 3.8) is 0 Å². The third-order valence-corrected chi connectivity index (χ3v) is 3.25. The molecule has 0 aliphatic rings. The fourth-order valence-corrected chi connectivity index (χ4v) is 2.19. The van der Waals surface area contributed by atoms with Crippen LogP contribution in [0.4, 0.5) is 5.69 Å². The van der Waals surface area contributed by atoms with Gasteiger partial charge in [0.25, 0.3) is 0 Å². The van der Waals surface area contributed by atoms with Gasteiger partial charge in [0.15, 0.2) is 0 Å². The van der Waals surface area contributed by atoms with Crippen molar-refractivity contribution < 1.29 is 4.79 Å². The van der Waals surface area contributed by atoms with Gasteiger partial charge < -0.3 is 4.90 Å². The number of halogens is 1. The summed E-state index contributed by atoms with van der Waals surface area (Å²) in [5, 5.41) is 0.591. The highest BCUT2D eigenvalue weighted by Gasteiger charge is 2.07. The molecule has 0 radical (unpaired) electrons. The summed E-state index contributed by atoms with van der Waals surface area (Å²) >= 11 is 6.17. The molecule has 2 aromatic rings. The fourth-order valence-electron chi connectivity index (χ4n) is 1.85. The van der Waals surface area contributed by atoms with Crippen LogP contribution in [0.1, 0.15) is 16.1 Å². The fraction of sp³-hybridized carbons (Fsp3) is 0.200. The number of aldehydes is 1. The van der Waals surface area contributed by atoms with Crippen LogP contribution in [0, 0.1) is 0 Å². The number of likely N-dealkylation sites (N-methyl/N-ethyl adjacent to an activating group) is 1. The highest BCUT2D eigenvalue weighted by Crippen LogP contribution is 2.25. The van der Waals surface area contributed by atoms with Crippen molar-refractivity contribution in [1.29, 1.82) is 0 Å². The van der Waals surface area contributed by atoms with Gasteiger partial charge in [-0.1, -0.05) is 17.7 Å². The third kappa shape index (κ3) is 3.55. The molecule has 3 nitrogen and oxygen atoms in total. The first-order valence-electron chi connectivity index (χ1n) is 6.06. The van der Waals surface area contributed by atoms with Crippen LogP contribution in [0.25, 0.3) is 0 Å². The second kappa shape index (κ2) is 6.34. The van der Waals surface area contributed by atoms with Crippen LogP contribution >= 0.6 is 11.6 Å². The van der Waals surface area contributed by atoms with E-state index in [1.54, 1.807) is 18.3 Å². The zero-order valence-electron chi connectivity index (χ0n) is 10.7. The lowest BCUT2D eigenvalue weighted by Gasteiger charge is -2.20. The number of pyridine rings is 1. The van der Waals surface area contributed by atoms with E-state index in [1.165, 1.54) is 0 Å². The average molecular weight is 275 g/mol. The molecule has 0 saturated heterocycles. The summed E-state index contributed by atoms with van der Waals surface area (Å²) in [7, 11) is 1.98. The Morgan fingerprint density at radius 1 is 1.32 bits per heavy atom. The molecule has 0 aliphatic heterocycles. The maximum Gasteiger partial charge on any atom is 0.150 e. The molecule has 4 heteroatoms. The van der Waals surface area contributed by atoms with Crippen LogP contribution in [0.5, 0.6) is 0 Å². The number of hydrogen-bond donors (Lipinski definition) is 0. The van der Waals surface area contributed by atoms with E-state index in [0.717, 1.165) is 30.6 Å². The van der Waals surface area contributed by atoms with Crippen LogP contribution in [-0.4, -0.2) is 24.9 Å². The summed E-state index contributed by atoms with van der Waals surface area (Å²) < 4.78 is 0. The minimum atomic E-state index is 0.590. The van der Waals surface area contributed by atoms with Crippen molar-refractivity contribution in [3.8, 4) is 0 Å². The molecule has 0 aliphatic carbocycles. The molecule has 1 heterocycles. The number of aromatic nitrogens is 1. The van der Waals surface area contributed by atoms with E-state index in [4.69, 9.17) is 11.6 Å². The topological polar surface area (TPSA) is 33.2 Å². The molecule has 0 saturated carbocycles. The summed E-state index contributed by atoms with van der Waals surface area (Å²) in [4.78, 5) is 17.0. The van der Waals surface area contributed by atoms with Crippen LogP contribution in [0.3, 0.4) is 0 Å². The Morgan fingerprint density at radius 3 is 2.79 bits per heavy atom. The van der Waals surface area contributed by atoms with Crippen molar-refractivity contribution in [2.75, 3.05) is 18.5 Å². The molecule has 0 N–H and O–H groups in total. The second-order valence-electron chi connectivity index (χ2n) is 4.32. The lowest BCUT2D eigenvalue weighted by molar-refractivity contribution is 0.112. The lowest BCUT2D eigenvalue weighted by Crippen LogP contribution is -2.21. The largest absolute Gasteiger partial charge is 0.373 e. The van der Waals surface area contributed by atoms with Gasteiger partial charge in [-0.25, -0.2) is 0 Å². The smallest absolute Gasteiger partial charge is 0.150 e. The number of carbonyl (C=O) groups is 1. The zero-order valence-corrected chi connectivity index (χ0v) is 11.5. The Bertz CT molecular complexity index is 557. The van der Waals surface area contributed by atoms with E-state index in [9.17, 15) is 4.79 Å².